The Morgan fingerprint density at radius 3 is 1.98 bits per heavy atom. The van der Waals surface area contributed by atoms with Gasteiger partial charge >= 0.3 is 5.97 Å². The molecule has 0 fully saturated rings. The van der Waals surface area contributed by atoms with Gasteiger partial charge in [0.1, 0.15) is 29.5 Å². The second kappa shape index (κ2) is 21.5. The van der Waals surface area contributed by atoms with Crippen LogP contribution in [0.25, 0.3) is 11.2 Å². The summed E-state index contributed by atoms with van der Waals surface area (Å²) >= 11 is 0. The number of fused-ring (bicyclic) bond motifs is 1. The van der Waals surface area contributed by atoms with Crippen LogP contribution in [0.2, 0.25) is 0 Å². The summed E-state index contributed by atoms with van der Waals surface area (Å²) < 4.78 is 31.7. The first-order valence-electron chi connectivity index (χ1n) is 20.4. The number of hydrogen-bond donors (Lipinski definition) is 0. The summed E-state index contributed by atoms with van der Waals surface area (Å²) in [5.74, 6) is 0.333. The summed E-state index contributed by atoms with van der Waals surface area (Å²) in [6.07, 6.45) is 3.41. The molecule has 0 saturated carbocycles. The van der Waals surface area contributed by atoms with Crippen molar-refractivity contribution in [2.45, 2.75) is 51.4 Å². The highest BCUT2D eigenvalue weighted by molar-refractivity contribution is 5.83. The second-order valence-electron chi connectivity index (χ2n) is 14.9. The normalized spacial score (nSPS) is 12.0. The zero-order chi connectivity index (χ0) is 43.9. The number of methoxy groups -OCH3 is 2. The molecule has 1 atom stereocenters. The largest absolute Gasteiger partial charge is 0.497 e. The predicted octanol–water partition coefficient (Wildman–Crippen LogP) is 7.53. The van der Waals surface area contributed by atoms with Crippen LogP contribution in [-0.4, -0.2) is 89.8 Å². The van der Waals surface area contributed by atoms with E-state index in [0.717, 1.165) is 22.3 Å². The number of aliphatic imine (C=N–C) groups is 1. The van der Waals surface area contributed by atoms with Crippen LogP contribution in [0, 0.1) is 5.92 Å². The van der Waals surface area contributed by atoms with Crippen LogP contribution in [0.5, 0.6) is 17.4 Å². The number of ketones is 2. The third kappa shape index (κ3) is 11.5. The molecule has 6 aromatic rings. The number of benzene rings is 4. The molecule has 322 valence electrons. The fourth-order valence-corrected chi connectivity index (χ4v) is 6.84. The highest BCUT2D eigenvalue weighted by Gasteiger charge is 2.39. The first-order chi connectivity index (χ1) is 30.1. The summed E-state index contributed by atoms with van der Waals surface area (Å²) in [7, 11) is 6.88. The van der Waals surface area contributed by atoms with Crippen molar-refractivity contribution in [1.29, 1.82) is 0 Å². The van der Waals surface area contributed by atoms with Gasteiger partial charge in [0.2, 0.25) is 5.88 Å². The van der Waals surface area contributed by atoms with Crippen LogP contribution < -0.4 is 14.2 Å². The molecule has 0 aliphatic heterocycles. The predicted molar refractivity (Wildman–Crippen MR) is 235 cm³/mol. The lowest BCUT2D eigenvalue weighted by atomic mass is 9.79. The molecule has 4 aromatic carbocycles. The molecule has 0 spiro atoms. The molecule has 14 heteroatoms. The number of imidazole rings is 1. The van der Waals surface area contributed by atoms with E-state index in [2.05, 4.69) is 19.9 Å². The molecule has 2 aromatic heterocycles. The zero-order valence-electron chi connectivity index (χ0n) is 35.7. The van der Waals surface area contributed by atoms with Gasteiger partial charge in [-0.3, -0.25) is 14.4 Å². The lowest BCUT2D eigenvalue weighted by Gasteiger charge is -2.37. The number of Topliss-reactive ketones (excluding diaryl/α,β-unsaturated/α-hetero) is 2. The van der Waals surface area contributed by atoms with E-state index < -0.39 is 17.5 Å². The van der Waals surface area contributed by atoms with Gasteiger partial charge in [-0.05, 0) is 46.5 Å². The van der Waals surface area contributed by atoms with Crippen molar-refractivity contribution in [3.05, 3.63) is 138 Å². The zero-order valence-corrected chi connectivity index (χ0v) is 35.7. The Morgan fingerprint density at radius 2 is 1.39 bits per heavy atom. The third-order valence-corrected chi connectivity index (χ3v) is 10.1. The summed E-state index contributed by atoms with van der Waals surface area (Å²) in [6.45, 7) is 1.74. The van der Waals surface area contributed by atoms with E-state index in [4.69, 9.17) is 23.7 Å². The van der Waals surface area contributed by atoms with E-state index in [1.807, 2.05) is 123 Å². The number of carbonyl (C=O) groups excluding carboxylic acids is 3. The molecule has 0 saturated heterocycles. The smallest absolute Gasteiger partial charge is 0.306 e. The SMILES string of the molecule is CCC(=O)CCC(=O)OC[C@H](COC(c1ccccc1)(c1ccc(OC)cc1)c1ccc(OC)cc1)CC(=O)Cn1cnc2c(OCc3ccccc3)nc(N=CN(C)C)nc21. The molecule has 0 amide bonds. The molecule has 62 heavy (non-hydrogen) atoms. The van der Waals surface area contributed by atoms with Gasteiger partial charge in [-0.1, -0.05) is 91.9 Å². The molecule has 2 heterocycles. The van der Waals surface area contributed by atoms with Crippen LogP contribution in [0.15, 0.2) is 121 Å². The van der Waals surface area contributed by atoms with Gasteiger partial charge in [-0.15, -0.1) is 0 Å². The van der Waals surface area contributed by atoms with Gasteiger partial charge in [-0.2, -0.15) is 9.97 Å². The summed E-state index contributed by atoms with van der Waals surface area (Å²) in [5, 5.41) is 0. The van der Waals surface area contributed by atoms with Crippen molar-refractivity contribution in [3.8, 4) is 17.4 Å². The van der Waals surface area contributed by atoms with Crippen LogP contribution in [0.4, 0.5) is 5.95 Å². The maximum absolute atomic E-state index is 14.2. The second-order valence-corrected chi connectivity index (χ2v) is 14.9. The van der Waals surface area contributed by atoms with Crippen molar-refractivity contribution < 1.29 is 38.1 Å². The summed E-state index contributed by atoms with van der Waals surface area (Å²) in [6, 6.07) is 34.7. The van der Waals surface area contributed by atoms with E-state index in [9.17, 15) is 14.4 Å². The fraction of sp³-hybridized carbons (Fsp3) is 0.312. The number of nitrogens with zero attached hydrogens (tertiary/aromatic N) is 6. The Labute approximate surface area is 361 Å². The topological polar surface area (TPSA) is 157 Å². The molecule has 0 aliphatic rings. The Morgan fingerprint density at radius 1 is 0.774 bits per heavy atom. The number of hydrogen-bond acceptors (Lipinski definition) is 12. The fourth-order valence-electron chi connectivity index (χ4n) is 6.84. The van der Waals surface area contributed by atoms with Crippen LogP contribution in [0.3, 0.4) is 0 Å². The summed E-state index contributed by atoms with van der Waals surface area (Å²) in [5.41, 5.74) is 2.93. The Kier molecular flexibility index (Phi) is 15.5. The number of aromatic nitrogens is 4. The monoisotopic (exact) mass is 840 g/mol. The molecule has 0 bridgehead atoms. The highest BCUT2D eigenvalue weighted by Crippen LogP contribution is 2.42. The molecule has 0 unspecified atom stereocenters. The molecule has 0 radical (unpaired) electrons. The lowest BCUT2D eigenvalue weighted by molar-refractivity contribution is -0.148. The molecule has 6 rings (SSSR count). The van der Waals surface area contributed by atoms with E-state index in [-0.39, 0.29) is 69.0 Å². The van der Waals surface area contributed by atoms with Crippen molar-refractivity contribution in [1.82, 2.24) is 24.4 Å². The van der Waals surface area contributed by atoms with Crippen molar-refractivity contribution in [2.75, 3.05) is 41.5 Å². The Hall–Kier alpha value is -6.93. The van der Waals surface area contributed by atoms with Gasteiger partial charge in [0.15, 0.2) is 16.9 Å². The average molecular weight is 841 g/mol. The maximum atomic E-state index is 14.2. The van der Waals surface area contributed by atoms with E-state index >= 15 is 0 Å². The minimum atomic E-state index is -1.18. The van der Waals surface area contributed by atoms with Crippen LogP contribution >= 0.6 is 0 Å². The maximum Gasteiger partial charge on any atom is 0.306 e. The molecular formula is C48H52N6O8. The van der Waals surface area contributed by atoms with E-state index in [1.165, 1.54) is 6.33 Å². The van der Waals surface area contributed by atoms with Crippen LogP contribution in [-0.2, 0) is 42.6 Å². The average Bonchev–Trinajstić information content (AvgIpc) is 3.71. The Balaban J connectivity index is 1.32. The number of carbonyl (C=O) groups is 3. The molecular weight excluding hydrogens is 789 g/mol. The number of ether oxygens (including phenoxy) is 5. The van der Waals surface area contributed by atoms with Crippen molar-refractivity contribution >= 4 is 41.0 Å². The van der Waals surface area contributed by atoms with Gasteiger partial charge < -0.3 is 33.2 Å². The highest BCUT2D eigenvalue weighted by atomic mass is 16.5. The first kappa shape index (κ1) is 44.6. The number of esters is 1. The molecule has 0 aliphatic carbocycles. The van der Waals surface area contributed by atoms with Crippen molar-refractivity contribution in [2.24, 2.45) is 10.9 Å². The van der Waals surface area contributed by atoms with Gasteiger partial charge in [0, 0.05) is 39.3 Å². The van der Waals surface area contributed by atoms with Gasteiger partial charge in [0.25, 0.3) is 5.95 Å². The van der Waals surface area contributed by atoms with E-state index in [0.29, 0.717) is 29.1 Å². The van der Waals surface area contributed by atoms with Crippen LogP contribution in [0.1, 0.15) is 54.9 Å². The van der Waals surface area contributed by atoms with Gasteiger partial charge in [0.05, 0.1) is 53.1 Å². The molecule has 0 N–H and O–H groups in total. The standard InChI is InChI=1S/C48H52N6O8/c1-6-39(55)21-26-43(57)60-30-35(31-62-48(36-15-11-8-12-16-36,37-17-22-41(58-4)23-18-37)38-19-24-42(59-5)25-20-38)27-40(56)28-54-33-49-44-45(54)51-47(50-32-53(2)3)52-46(44)61-29-34-13-9-7-10-14-34/h7-20,22-25,32-33,35H,6,21,26-31H2,1-5H3/t35-/m1/s1. The minimum Gasteiger partial charge on any atom is -0.497 e. The Bertz CT molecular complexity index is 2370. The van der Waals surface area contributed by atoms with E-state index in [1.54, 1.807) is 36.9 Å². The summed E-state index contributed by atoms with van der Waals surface area (Å²) in [4.78, 5) is 59.1. The quantitative estimate of drug-likeness (QED) is 0.0271. The van der Waals surface area contributed by atoms with Gasteiger partial charge in [-0.25, -0.2) is 9.98 Å². The molecule has 14 nitrogen and oxygen atoms in total. The number of rotatable bonds is 23. The van der Waals surface area contributed by atoms with Crippen molar-refractivity contribution in [3.63, 3.8) is 0 Å². The lowest BCUT2D eigenvalue weighted by Crippen LogP contribution is -2.36. The minimum absolute atomic E-state index is 0.00637. The third-order valence-electron chi connectivity index (χ3n) is 10.1. The first-order valence-corrected chi connectivity index (χ1v) is 20.4.